The molecule has 1 aliphatic rings. The number of nitrogens with zero attached hydrogens (tertiary/aromatic N) is 2. The van der Waals surface area contributed by atoms with Crippen LogP contribution in [0.25, 0.3) is 0 Å². The van der Waals surface area contributed by atoms with E-state index in [-0.39, 0.29) is 11.7 Å². The predicted molar refractivity (Wildman–Crippen MR) is 111 cm³/mol. The maximum absolute atomic E-state index is 12.9. The van der Waals surface area contributed by atoms with E-state index in [1.807, 2.05) is 32.3 Å². The van der Waals surface area contributed by atoms with E-state index in [1.165, 1.54) is 5.56 Å². The fourth-order valence-corrected chi connectivity index (χ4v) is 3.65. The molecule has 0 bridgehead atoms. The Morgan fingerprint density at radius 3 is 2.31 bits per heavy atom. The van der Waals surface area contributed by atoms with Crippen LogP contribution in [0.2, 0.25) is 0 Å². The molecular weight excluding hydrogens is 364 g/mol. The minimum atomic E-state index is -0.0452. The van der Waals surface area contributed by atoms with Crippen LogP contribution in [0.3, 0.4) is 0 Å². The average Bonchev–Trinajstić information content (AvgIpc) is 3.14. The zero-order chi connectivity index (χ0) is 20.4. The molecule has 0 aliphatic carbocycles. The van der Waals surface area contributed by atoms with Gasteiger partial charge >= 0.3 is 0 Å². The Morgan fingerprint density at radius 1 is 0.966 bits per heavy atom. The summed E-state index contributed by atoms with van der Waals surface area (Å²) < 4.78 is 5.95. The van der Waals surface area contributed by atoms with Gasteiger partial charge in [-0.3, -0.25) is 9.59 Å². The number of carbonyl (C=O) groups excluding carboxylic acids is 2. The summed E-state index contributed by atoms with van der Waals surface area (Å²) in [5.74, 6) is 1.71. The van der Waals surface area contributed by atoms with Gasteiger partial charge in [0.15, 0.2) is 5.78 Å². The molecule has 29 heavy (non-hydrogen) atoms. The van der Waals surface area contributed by atoms with E-state index >= 15 is 0 Å². The highest BCUT2D eigenvalue weighted by Crippen LogP contribution is 2.25. The average molecular weight is 388 g/mol. The van der Waals surface area contributed by atoms with Crippen LogP contribution in [-0.4, -0.2) is 42.1 Å². The Morgan fingerprint density at radius 2 is 1.62 bits per heavy atom. The summed E-state index contributed by atoms with van der Waals surface area (Å²) in [6, 6.07) is 18.2. The molecule has 0 saturated carbocycles. The van der Waals surface area contributed by atoms with Crippen LogP contribution in [0, 0.1) is 0 Å². The van der Waals surface area contributed by atoms with Gasteiger partial charge in [-0.15, -0.1) is 0 Å². The van der Waals surface area contributed by atoms with E-state index < -0.39 is 0 Å². The molecule has 0 atom stereocenters. The summed E-state index contributed by atoms with van der Waals surface area (Å²) >= 11 is 0. The van der Waals surface area contributed by atoms with Gasteiger partial charge in [-0.2, -0.15) is 0 Å². The van der Waals surface area contributed by atoms with Crippen LogP contribution in [-0.2, 0) is 19.5 Å². The standard InChI is InChI=1S/C24H24N2O3/c1-25(2)15-21-14-20-12-13-26(16-22(20)29-21)24(28)19-10-8-18(9-11-19)23(27)17-6-4-3-5-7-17/h3-11,14H,12-13,15-16H2,1-2H3. The maximum atomic E-state index is 12.9. The number of carbonyl (C=O) groups is 2. The first kappa shape index (κ1) is 19.2. The lowest BCUT2D eigenvalue weighted by Crippen LogP contribution is -2.35. The highest BCUT2D eigenvalue weighted by molar-refractivity contribution is 6.09. The van der Waals surface area contributed by atoms with Crippen molar-refractivity contribution in [3.05, 3.63) is 94.4 Å². The number of fused-ring (bicyclic) bond motifs is 1. The second kappa shape index (κ2) is 8.05. The molecule has 2 aromatic carbocycles. The van der Waals surface area contributed by atoms with Gasteiger partial charge in [-0.05, 0) is 44.3 Å². The molecule has 1 amide bonds. The van der Waals surface area contributed by atoms with E-state index in [0.717, 1.165) is 24.5 Å². The molecule has 0 N–H and O–H groups in total. The molecule has 148 valence electrons. The van der Waals surface area contributed by atoms with Crippen molar-refractivity contribution in [2.24, 2.45) is 0 Å². The summed E-state index contributed by atoms with van der Waals surface area (Å²) in [5, 5.41) is 0. The van der Waals surface area contributed by atoms with Crippen LogP contribution in [0.15, 0.2) is 65.1 Å². The number of furan rings is 1. The second-order valence-electron chi connectivity index (χ2n) is 7.65. The first-order valence-electron chi connectivity index (χ1n) is 9.75. The quantitative estimate of drug-likeness (QED) is 0.625. The molecule has 0 radical (unpaired) electrons. The lowest BCUT2D eigenvalue weighted by atomic mass is 10.0. The lowest BCUT2D eigenvalue weighted by Gasteiger charge is -2.26. The maximum Gasteiger partial charge on any atom is 0.254 e. The summed E-state index contributed by atoms with van der Waals surface area (Å²) in [5.41, 5.74) is 2.99. The molecule has 5 nitrogen and oxygen atoms in total. The van der Waals surface area contributed by atoms with Gasteiger partial charge in [-0.25, -0.2) is 0 Å². The van der Waals surface area contributed by atoms with Crippen molar-refractivity contribution >= 4 is 11.7 Å². The van der Waals surface area contributed by atoms with E-state index in [1.54, 1.807) is 41.3 Å². The highest BCUT2D eigenvalue weighted by Gasteiger charge is 2.25. The molecule has 0 unspecified atom stereocenters. The van der Waals surface area contributed by atoms with Gasteiger partial charge in [0, 0.05) is 23.2 Å². The van der Waals surface area contributed by atoms with Crippen molar-refractivity contribution in [2.75, 3.05) is 20.6 Å². The molecule has 5 heteroatoms. The number of benzene rings is 2. The number of hydrogen-bond donors (Lipinski definition) is 0. The first-order valence-corrected chi connectivity index (χ1v) is 9.75. The Balaban J connectivity index is 1.46. The van der Waals surface area contributed by atoms with Gasteiger partial charge in [-0.1, -0.05) is 42.5 Å². The largest absolute Gasteiger partial charge is 0.463 e. The summed E-state index contributed by atoms with van der Waals surface area (Å²) in [6.07, 6.45) is 0.794. The fraction of sp³-hybridized carbons (Fsp3) is 0.250. The van der Waals surface area contributed by atoms with E-state index in [4.69, 9.17) is 4.42 Å². The third-order valence-electron chi connectivity index (χ3n) is 5.12. The number of rotatable bonds is 5. The van der Waals surface area contributed by atoms with E-state index in [0.29, 0.717) is 29.8 Å². The third-order valence-corrected chi connectivity index (χ3v) is 5.12. The molecule has 3 aromatic rings. The van der Waals surface area contributed by atoms with Gasteiger partial charge < -0.3 is 14.2 Å². The first-order chi connectivity index (χ1) is 14.0. The van der Waals surface area contributed by atoms with E-state index in [9.17, 15) is 9.59 Å². The molecule has 1 aromatic heterocycles. The van der Waals surface area contributed by atoms with E-state index in [2.05, 4.69) is 11.0 Å². The molecular formula is C24H24N2O3. The van der Waals surface area contributed by atoms with Crippen molar-refractivity contribution in [1.29, 1.82) is 0 Å². The fourth-order valence-electron chi connectivity index (χ4n) is 3.65. The zero-order valence-corrected chi connectivity index (χ0v) is 16.7. The summed E-state index contributed by atoms with van der Waals surface area (Å²) in [4.78, 5) is 29.3. The lowest BCUT2D eigenvalue weighted by molar-refractivity contribution is 0.0718. The molecule has 0 saturated heterocycles. The van der Waals surface area contributed by atoms with Crippen LogP contribution in [0.5, 0.6) is 0 Å². The van der Waals surface area contributed by atoms with Crippen LogP contribution < -0.4 is 0 Å². The second-order valence-corrected chi connectivity index (χ2v) is 7.65. The topological polar surface area (TPSA) is 53.8 Å². The van der Waals surface area contributed by atoms with Crippen LogP contribution >= 0.6 is 0 Å². The molecule has 2 heterocycles. The van der Waals surface area contributed by atoms with Crippen molar-refractivity contribution < 1.29 is 14.0 Å². The zero-order valence-electron chi connectivity index (χ0n) is 16.7. The molecule has 4 rings (SSSR count). The van der Waals surface area contributed by atoms with Crippen LogP contribution in [0.1, 0.15) is 43.4 Å². The van der Waals surface area contributed by atoms with Gasteiger partial charge in [0.25, 0.3) is 5.91 Å². The minimum absolute atomic E-state index is 0.0417. The van der Waals surface area contributed by atoms with Gasteiger partial charge in [0.05, 0.1) is 13.1 Å². The Kier molecular flexibility index (Phi) is 5.32. The third kappa shape index (κ3) is 4.15. The van der Waals surface area contributed by atoms with Gasteiger partial charge in [0.2, 0.25) is 0 Å². The number of hydrogen-bond acceptors (Lipinski definition) is 4. The molecule has 0 spiro atoms. The Labute approximate surface area is 170 Å². The van der Waals surface area contributed by atoms with Crippen molar-refractivity contribution in [2.45, 2.75) is 19.5 Å². The SMILES string of the molecule is CN(C)Cc1cc2c(o1)CN(C(=O)c1ccc(C(=O)c3ccccc3)cc1)CC2. The summed E-state index contributed by atoms with van der Waals surface area (Å²) in [6.45, 7) is 1.89. The monoisotopic (exact) mass is 388 g/mol. The number of ketones is 1. The van der Waals surface area contributed by atoms with Gasteiger partial charge in [0.1, 0.15) is 11.5 Å². The Hall–Kier alpha value is -3.18. The minimum Gasteiger partial charge on any atom is -0.463 e. The smallest absolute Gasteiger partial charge is 0.254 e. The van der Waals surface area contributed by atoms with Crippen LogP contribution in [0.4, 0.5) is 0 Å². The molecule has 1 aliphatic heterocycles. The highest BCUT2D eigenvalue weighted by atomic mass is 16.3. The predicted octanol–water partition coefficient (Wildman–Crippen LogP) is 3.77. The normalized spacial score (nSPS) is 13.4. The molecule has 0 fully saturated rings. The van der Waals surface area contributed by atoms with Crippen molar-refractivity contribution in [3.8, 4) is 0 Å². The Bertz CT molecular complexity index is 1020. The van der Waals surface area contributed by atoms with Crippen molar-refractivity contribution in [3.63, 3.8) is 0 Å². The summed E-state index contributed by atoms with van der Waals surface area (Å²) in [7, 11) is 4.01. The van der Waals surface area contributed by atoms with Crippen molar-refractivity contribution in [1.82, 2.24) is 9.80 Å². The number of amides is 1.